The monoisotopic (exact) mass is 264 g/mol. The van der Waals surface area contributed by atoms with Crippen LogP contribution in [0.15, 0.2) is 18.2 Å². The summed E-state index contributed by atoms with van der Waals surface area (Å²) in [5.74, 6) is 1.71. The Bertz CT molecular complexity index is 381. The van der Waals surface area contributed by atoms with E-state index in [9.17, 15) is 0 Å². The molecule has 0 radical (unpaired) electrons. The minimum absolute atomic E-state index is 0.641. The molecular weight excluding hydrogens is 240 g/mol. The Labute approximate surface area is 115 Å². The molecule has 1 aliphatic rings. The first-order chi connectivity index (χ1) is 9.26. The van der Waals surface area contributed by atoms with Gasteiger partial charge in [0.1, 0.15) is 11.5 Å². The van der Waals surface area contributed by atoms with Crippen LogP contribution in [0.2, 0.25) is 0 Å². The van der Waals surface area contributed by atoms with Gasteiger partial charge in [0, 0.05) is 25.2 Å². The SMILES string of the molecule is CCN(Cc1cc(OC)cc(OC)c1)C1CCNC1. The predicted molar refractivity (Wildman–Crippen MR) is 76.9 cm³/mol. The lowest BCUT2D eigenvalue weighted by atomic mass is 10.1. The molecule has 106 valence electrons. The Balaban J connectivity index is 2.11. The fourth-order valence-corrected chi connectivity index (χ4v) is 2.64. The topological polar surface area (TPSA) is 33.7 Å². The highest BCUT2D eigenvalue weighted by molar-refractivity contribution is 5.38. The predicted octanol–water partition coefficient (Wildman–Crippen LogP) is 1.89. The summed E-state index contributed by atoms with van der Waals surface area (Å²) in [6, 6.07) is 6.74. The number of hydrogen-bond donors (Lipinski definition) is 1. The molecule has 0 bridgehead atoms. The van der Waals surface area contributed by atoms with E-state index >= 15 is 0 Å². The third-order valence-corrected chi connectivity index (χ3v) is 3.75. The van der Waals surface area contributed by atoms with Crippen LogP contribution in [-0.4, -0.2) is 44.8 Å². The summed E-state index contributed by atoms with van der Waals surface area (Å²) in [7, 11) is 3.38. The van der Waals surface area contributed by atoms with Crippen molar-refractivity contribution >= 4 is 0 Å². The van der Waals surface area contributed by atoms with Crippen LogP contribution in [-0.2, 0) is 6.54 Å². The lowest BCUT2D eigenvalue weighted by Gasteiger charge is -2.27. The summed E-state index contributed by atoms with van der Waals surface area (Å²) >= 11 is 0. The fraction of sp³-hybridized carbons (Fsp3) is 0.600. The highest BCUT2D eigenvalue weighted by atomic mass is 16.5. The molecule has 1 saturated heterocycles. The van der Waals surface area contributed by atoms with Gasteiger partial charge in [-0.25, -0.2) is 0 Å². The third-order valence-electron chi connectivity index (χ3n) is 3.75. The van der Waals surface area contributed by atoms with Crippen LogP contribution in [0, 0.1) is 0 Å². The number of rotatable bonds is 6. The van der Waals surface area contributed by atoms with Crippen molar-refractivity contribution in [3.63, 3.8) is 0 Å². The van der Waals surface area contributed by atoms with Gasteiger partial charge in [-0.3, -0.25) is 4.90 Å². The summed E-state index contributed by atoms with van der Waals surface area (Å²) in [6.45, 7) is 6.44. The summed E-state index contributed by atoms with van der Waals surface area (Å²) in [5, 5.41) is 3.43. The molecule has 0 aromatic heterocycles. The summed E-state index contributed by atoms with van der Waals surface area (Å²) in [6.07, 6.45) is 1.23. The molecule has 4 nitrogen and oxygen atoms in total. The number of nitrogens with zero attached hydrogens (tertiary/aromatic N) is 1. The fourth-order valence-electron chi connectivity index (χ4n) is 2.64. The van der Waals surface area contributed by atoms with E-state index in [-0.39, 0.29) is 0 Å². The molecule has 1 N–H and O–H groups in total. The van der Waals surface area contributed by atoms with E-state index < -0.39 is 0 Å². The number of hydrogen-bond acceptors (Lipinski definition) is 4. The molecule has 0 aliphatic carbocycles. The molecule has 0 spiro atoms. The van der Waals surface area contributed by atoms with E-state index in [1.54, 1.807) is 14.2 Å². The van der Waals surface area contributed by atoms with Gasteiger partial charge in [0.15, 0.2) is 0 Å². The van der Waals surface area contributed by atoms with Gasteiger partial charge in [-0.05, 0) is 37.2 Å². The maximum absolute atomic E-state index is 5.33. The molecule has 1 heterocycles. The van der Waals surface area contributed by atoms with Crippen LogP contribution in [0.4, 0.5) is 0 Å². The zero-order valence-corrected chi connectivity index (χ0v) is 12.1. The number of benzene rings is 1. The van der Waals surface area contributed by atoms with Gasteiger partial charge < -0.3 is 14.8 Å². The number of nitrogens with one attached hydrogen (secondary N) is 1. The van der Waals surface area contributed by atoms with Crippen LogP contribution in [0.1, 0.15) is 18.9 Å². The molecule has 1 unspecified atom stereocenters. The largest absolute Gasteiger partial charge is 0.497 e. The van der Waals surface area contributed by atoms with E-state index in [0.717, 1.165) is 37.7 Å². The van der Waals surface area contributed by atoms with Gasteiger partial charge in [-0.2, -0.15) is 0 Å². The Morgan fingerprint density at radius 1 is 1.21 bits per heavy atom. The van der Waals surface area contributed by atoms with Crippen LogP contribution in [0.25, 0.3) is 0 Å². The first-order valence-corrected chi connectivity index (χ1v) is 6.93. The standard InChI is InChI=1S/C15H24N2O2/c1-4-17(13-5-6-16-10-13)11-12-7-14(18-2)9-15(8-12)19-3/h7-9,13,16H,4-6,10-11H2,1-3H3. The lowest BCUT2D eigenvalue weighted by molar-refractivity contribution is 0.210. The first-order valence-electron chi connectivity index (χ1n) is 6.93. The van der Waals surface area contributed by atoms with Crippen molar-refractivity contribution < 1.29 is 9.47 Å². The third kappa shape index (κ3) is 3.61. The second-order valence-electron chi connectivity index (χ2n) is 4.93. The van der Waals surface area contributed by atoms with E-state index in [1.165, 1.54) is 12.0 Å². The maximum atomic E-state index is 5.33. The first kappa shape index (κ1) is 14.2. The van der Waals surface area contributed by atoms with Crippen molar-refractivity contribution in [2.45, 2.75) is 25.9 Å². The zero-order chi connectivity index (χ0) is 13.7. The minimum atomic E-state index is 0.641. The van der Waals surface area contributed by atoms with Gasteiger partial charge in [-0.1, -0.05) is 6.92 Å². The second kappa shape index (κ2) is 6.78. The van der Waals surface area contributed by atoms with Crippen LogP contribution in [0.5, 0.6) is 11.5 Å². The van der Waals surface area contributed by atoms with E-state index in [4.69, 9.17) is 9.47 Å². The van der Waals surface area contributed by atoms with Gasteiger partial charge in [-0.15, -0.1) is 0 Å². The van der Waals surface area contributed by atoms with Crippen molar-refractivity contribution in [1.82, 2.24) is 10.2 Å². The smallest absolute Gasteiger partial charge is 0.122 e. The van der Waals surface area contributed by atoms with Crippen LogP contribution >= 0.6 is 0 Å². The zero-order valence-electron chi connectivity index (χ0n) is 12.1. The molecule has 0 saturated carbocycles. The summed E-state index contributed by atoms with van der Waals surface area (Å²) in [5.41, 5.74) is 1.24. The number of ether oxygens (including phenoxy) is 2. The summed E-state index contributed by atoms with van der Waals surface area (Å²) < 4.78 is 10.7. The minimum Gasteiger partial charge on any atom is -0.497 e. The molecule has 1 aliphatic heterocycles. The second-order valence-corrected chi connectivity index (χ2v) is 4.93. The molecule has 1 aromatic carbocycles. The Morgan fingerprint density at radius 2 is 1.89 bits per heavy atom. The molecule has 1 fully saturated rings. The molecule has 2 rings (SSSR count). The van der Waals surface area contributed by atoms with Gasteiger partial charge in [0.2, 0.25) is 0 Å². The molecule has 1 atom stereocenters. The van der Waals surface area contributed by atoms with Gasteiger partial charge in [0.05, 0.1) is 14.2 Å². The number of methoxy groups -OCH3 is 2. The average molecular weight is 264 g/mol. The quantitative estimate of drug-likeness (QED) is 0.850. The normalized spacial score (nSPS) is 18.8. The van der Waals surface area contributed by atoms with Crippen molar-refractivity contribution in [3.8, 4) is 11.5 Å². The van der Waals surface area contributed by atoms with Crippen molar-refractivity contribution in [2.24, 2.45) is 0 Å². The van der Waals surface area contributed by atoms with Crippen LogP contribution < -0.4 is 14.8 Å². The van der Waals surface area contributed by atoms with Gasteiger partial charge in [0.25, 0.3) is 0 Å². The molecule has 19 heavy (non-hydrogen) atoms. The molecule has 1 aromatic rings. The molecule has 0 amide bonds. The van der Waals surface area contributed by atoms with Gasteiger partial charge >= 0.3 is 0 Å². The van der Waals surface area contributed by atoms with E-state index in [1.807, 2.05) is 6.07 Å². The highest BCUT2D eigenvalue weighted by Gasteiger charge is 2.21. The summed E-state index contributed by atoms with van der Waals surface area (Å²) in [4.78, 5) is 2.51. The Kier molecular flexibility index (Phi) is 5.05. The maximum Gasteiger partial charge on any atom is 0.122 e. The lowest BCUT2D eigenvalue weighted by Crippen LogP contribution is -2.36. The van der Waals surface area contributed by atoms with Crippen molar-refractivity contribution in [3.05, 3.63) is 23.8 Å². The highest BCUT2D eigenvalue weighted by Crippen LogP contribution is 2.24. The molecular formula is C15H24N2O2. The van der Waals surface area contributed by atoms with E-state index in [2.05, 4.69) is 29.3 Å². The number of likely N-dealkylation sites (N-methyl/N-ethyl adjacent to an activating group) is 1. The Hall–Kier alpha value is -1.26. The van der Waals surface area contributed by atoms with Crippen molar-refractivity contribution in [1.29, 1.82) is 0 Å². The average Bonchev–Trinajstić information content (AvgIpc) is 2.98. The van der Waals surface area contributed by atoms with E-state index in [0.29, 0.717) is 6.04 Å². The van der Waals surface area contributed by atoms with Crippen LogP contribution in [0.3, 0.4) is 0 Å². The molecule has 4 heteroatoms. The van der Waals surface area contributed by atoms with Crippen molar-refractivity contribution in [2.75, 3.05) is 33.9 Å². The Morgan fingerprint density at radius 3 is 2.37 bits per heavy atom.